The first-order chi connectivity index (χ1) is 31.2. The predicted octanol–water partition coefficient (Wildman–Crippen LogP) is 10.4. The number of hydrogen-bond acceptors (Lipinski definition) is 8. The molecule has 0 unspecified atom stereocenters. The summed E-state index contributed by atoms with van der Waals surface area (Å²) >= 11 is 0. The topological polar surface area (TPSA) is 109 Å². The summed E-state index contributed by atoms with van der Waals surface area (Å²) in [4.78, 5) is 30.3. The number of phenolic OH excluding ortho intramolecular Hbond substituents is 1. The van der Waals surface area contributed by atoms with E-state index in [2.05, 4.69) is 103 Å². The van der Waals surface area contributed by atoms with Gasteiger partial charge in [-0.05, 0) is 178 Å². The van der Waals surface area contributed by atoms with Crippen LogP contribution in [0.15, 0.2) is 125 Å². The molecule has 332 valence electrons. The van der Waals surface area contributed by atoms with Crippen LogP contribution in [0.3, 0.4) is 0 Å². The predicted molar refractivity (Wildman–Crippen MR) is 250 cm³/mol. The second-order valence-corrected chi connectivity index (χ2v) is 20.3. The zero-order valence-corrected chi connectivity index (χ0v) is 37.7. The van der Waals surface area contributed by atoms with Crippen LogP contribution in [0.25, 0.3) is 16.7 Å². The Bertz CT molecular complexity index is 2540. The van der Waals surface area contributed by atoms with E-state index in [4.69, 9.17) is 9.47 Å². The molecule has 0 amide bonds. The number of rotatable bonds is 9. The van der Waals surface area contributed by atoms with Crippen molar-refractivity contribution in [1.82, 2.24) is 16.0 Å². The molecule has 12 rings (SSSR count). The zero-order chi connectivity index (χ0) is 43.8. The third-order valence-electron chi connectivity index (χ3n) is 17.5. The molecule has 2 saturated heterocycles. The molecule has 3 aliphatic heterocycles. The molecule has 8 atom stereocenters. The van der Waals surface area contributed by atoms with E-state index in [9.17, 15) is 5.11 Å². The highest BCUT2D eigenvalue weighted by molar-refractivity contribution is 6.08. The maximum atomic E-state index is 15.1. The minimum atomic E-state index is -0.917. The van der Waals surface area contributed by atoms with Gasteiger partial charge in [0.15, 0.2) is 0 Å². The van der Waals surface area contributed by atoms with E-state index in [0.717, 1.165) is 96.2 Å². The standard InChI is InChI=1S/C56H63N3O5/c1-4-34(29-35-11-6-5-7-12-35)30-46-56-27-18-43-48(50(56)53(62)64-46)42-33-39(60)15-16-40(42)36-13-10-14-37(31-36)44(57-2)19-26-55(43)25-17-41-45(63-52(61)49(41)51(55)56)20-24-54(22-8-9-23-54)38-21-28-59-47(32-38)58-3/h5-7,10-16,19-20,26,30-31,33-34,38,43-44,47,51,57-60H,4,8-9,17-18,21-25,27-29,32H2,1-3H3/b26-19+,45-20?,46-30-/t34-,38+,43-,44-,47-,51-,55+,56-/m0/s1. The van der Waals surface area contributed by atoms with E-state index in [1.807, 2.05) is 25.2 Å². The van der Waals surface area contributed by atoms with Gasteiger partial charge in [-0.1, -0.05) is 86.5 Å². The van der Waals surface area contributed by atoms with Crippen LogP contribution < -0.4 is 16.0 Å². The number of carbonyl (C=O) groups excluding carboxylic acids is 2. The fraction of sp³-hybridized carbons (Fsp3) is 0.464. The molecule has 64 heavy (non-hydrogen) atoms. The minimum Gasteiger partial charge on any atom is -0.508 e. The van der Waals surface area contributed by atoms with Crippen molar-refractivity contribution < 1.29 is 24.2 Å². The summed E-state index contributed by atoms with van der Waals surface area (Å²) in [6.07, 6.45) is 22.4. The van der Waals surface area contributed by atoms with Crippen molar-refractivity contribution >= 4 is 17.5 Å². The van der Waals surface area contributed by atoms with Crippen molar-refractivity contribution in [2.75, 3.05) is 20.6 Å². The second kappa shape index (κ2) is 16.1. The number of fused-ring (bicyclic) bond motifs is 5. The lowest BCUT2D eigenvalue weighted by atomic mass is 9.38. The van der Waals surface area contributed by atoms with Gasteiger partial charge in [0.05, 0.1) is 23.2 Å². The molecule has 0 aromatic heterocycles. The van der Waals surface area contributed by atoms with Crippen LogP contribution >= 0.6 is 0 Å². The number of esters is 2. The highest BCUT2D eigenvalue weighted by atomic mass is 16.5. The normalized spacial score (nSPS) is 33.3. The molecule has 3 aromatic carbocycles. The number of hydrogen-bond donors (Lipinski definition) is 4. The SMILES string of the molecule is CC[C@H](/C=C1\OC(=O)C2=C3c4cc(O)ccc4-c4cccc(c4)[C@@H](NC)/C=C/[C@@]45CCC6=C(C(=O)OC6=CCC6([C@@H]7CCN[C@H](NC)C7)CCCC6)[C@@H]4[C@]21CC[C@@H]35)Cc1ccccc1. The highest BCUT2D eigenvalue weighted by Crippen LogP contribution is 2.77. The van der Waals surface area contributed by atoms with E-state index in [0.29, 0.717) is 36.3 Å². The van der Waals surface area contributed by atoms with Gasteiger partial charge in [0.1, 0.15) is 17.3 Å². The van der Waals surface area contributed by atoms with Gasteiger partial charge in [0.2, 0.25) is 0 Å². The summed E-state index contributed by atoms with van der Waals surface area (Å²) in [5.41, 5.74) is 7.37. The fourth-order valence-electron chi connectivity index (χ4n) is 14.5. The maximum absolute atomic E-state index is 15.1. The van der Waals surface area contributed by atoms with Crippen molar-refractivity contribution in [2.24, 2.45) is 39.9 Å². The Balaban J connectivity index is 1.13. The molecule has 2 saturated carbocycles. The molecule has 8 nitrogen and oxygen atoms in total. The van der Waals surface area contributed by atoms with Gasteiger partial charge in [-0.15, -0.1) is 0 Å². The van der Waals surface area contributed by atoms with E-state index >= 15 is 9.59 Å². The summed E-state index contributed by atoms with van der Waals surface area (Å²) in [6.45, 7) is 3.22. The Morgan fingerprint density at radius 1 is 0.891 bits per heavy atom. The van der Waals surface area contributed by atoms with Gasteiger partial charge in [0.25, 0.3) is 0 Å². The van der Waals surface area contributed by atoms with Crippen LogP contribution in [0, 0.1) is 39.9 Å². The molecule has 6 aliphatic carbocycles. The van der Waals surface area contributed by atoms with Gasteiger partial charge in [-0.3, -0.25) is 0 Å². The largest absolute Gasteiger partial charge is 0.508 e. The number of nitrogens with one attached hydrogen (secondary N) is 3. The lowest BCUT2D eigenvalue weighted by molar-refractivity contribution is -0.135. The van der Waals surface area contributed by atoms with Crippen LogP contribution in [-0.2, 0) is 25.5 Å². The van der Waals surface area contributed by atoms with Crippen LogP contribution in [0.2, 0.25) is 0 Å². The molecular weight excluding hydrogens is 795 g/mol. The summed E-state index contributed by atoms with van der Waals surface area (Å²) in [7, 11) is 4.06. The minimum absolute atomic E-state index is 0.0910. The fourth-order valence-corrected chi connectivity index (χ4v) is 14.5. The van der Waals surface area contributed by atoms with E-state index in [-0.39, 0.29) is 46.9 Å². The van der Waals surface area contributed by atoms with Crippen LogP contribution in [-0.4, -0.2) is 43.9 Å². The average molecular weight is 858 g/mol. The number of ether oxygens (including phenoxy) is 2. The molecule has 9 aliphatic rings. The third kappa shape index (κ3) is 6.40. The van der Waals surface area contributed by atoms with E-state index in [1.165, 1.54) is 31.2 Å². The first kappa shape index (κ1) is 41.7. The Morgan fingerprint density at radius 2 is 1.73 bits per heavy atom. The first-order valence-corrected chi connectivity index (χ1v) is 24.3. The summed E-state index contributed by atoms with van der Waals surface area (Å²) in [5.74, 6) is 1.20. The Hall–Kier alpha value is -5.02. The number of benzene rings is 3. The lowest BCUT2D eigenvalue weighted by Crippen LogP contribution is -2.58. The molecule has 0 radical (unpaired) electrons. The number of cyclic esters (lactones) is 2. The number of likely N-dealkylation sites (N-methyl/N-ethyl adjacent to an activating group) is 1. The number of carbonyl (C=O) groups is 2. The molecule has 8 heteroatoms. The third-order valence-corrected chi connectivity index (χ3v) is 17.5. The van der Waals surface area contributed by atoms with Crippen LogP contribution in [0.5, 0.6) is 5.75 Å². The van der Waals surface area contributed by atoms with Gasteiger partial charge >= 0.3 is 11.9 Å². The van der Waals surface area contributed by atoms with E-state index in [1.54, 1.807) is 6.07 Å². The van der Waals surface area contributed by atoms with Crippen LogP contribution in [0.4, 0.5) is 0 Å². The van der Waals surface area contributed by atoms with Crippen molar-refractivity contribution in [3.8, 4) is 16.9 Å². The van der Waals surface area contributed by atoms with Gasteiger partial charge in [-0.2, -0.15) is 0 Å². The molecule has 2 spiro atoms. The number of aromatic hydroxyl groups is 1. The van der Waals surface area contributed by atoms with Crippen LogP contribution in [0.1, 0.15) is 107 Å². The number of phenols is 1. The van der Waals surface area contributed by atoms with Gasteiger partial charge in [0, 0.05) is 22.5 Å². The molecule has 6 bridgehead atoms. The summed E-state index contributed by atoms with van der Waals surface area (Å²) < 4.78 is 13.3. The van der Waals surface area contributed by atoms with Crippen molar-refractivity contribution in [2.45, 2.75) is 103 Å². The molecule has 3 aromatic rings. The van der Waals surface area contributed by atoms with Crippen molar-refractivity contribution in [1.29, 1.82) is 0 Å². The lowest BCUT2D eigenvalue weighted by Gasteiger charge is -2.62. The molecule has 4 fully saturated rings. The van der Waals surface area contributed by atoms with Gasteiger partial charge < -0.3 is 30.5 Å². The zero-order valence-electron chi connectivity index (χ0n) is 37.7. The van der Waals surface area contributed by atoms with Gasteiger partial charge in [-0.25, -0.2) is 9.59 Å². The van der Waals surface area contributed by atoms with E-state index < -0.39 is 10.8 Å². The first-order valence-electron chi connectivity index (χ1n) is 24.3. The Kier molecular flexibility index (Phi) is 10.5. The molecule has 4 N–H and O–H groups in total. The second-order valence-electron chi connectivity index (χ2n) is 20.3. The average Bonchev–Trinajstić information content (AvgIpc) is 4.02. The molecular formula is C56H63N3O5. The Morgan fingerprint density at radius 3 is 2.53 bits per heavy atom. The van der Waals surface area contributed by atoms with Crippen molar-refractivity contribution in [3.05, 3.63) is 142 Å². The smallest absolute Gasteiger partial charge is 0.340 e. The molecule has 3 heterocycles. The Labute approximate surface area is 378 Å². The summed E-state index contributed by atoms with van der Waals surface area (Å²) in [5, 5.41) is 22.1. The quantitative estimate of drug-likeness (QED) is 0.124. The summed E-state index contributed by atoms with van der Waals surface area (Å²) in [6, 6.07) is 24.7. The monoisotopic (exact) mass is 857 g/mol. The van der Waals surface area contributed by atoms with Crippen molar-refractivity contribution in [3.63, 3.8) is 0 Å². The highest BCUT2D eigenvalue weighted by Gasteiger charge is 2.73. The number of allylic oxidation sites excluding steroid dienone is 6. The number of piperidine rings is 1. The maximum Gasteiger partial charge on any atom is 0.340 e.